The van der Waals surface area contributed by atoms with Crippen LogP contribution in [0.4, 0.5) is 0 Å². The number of carbonyl (C=O) groups is 1. The Bertz CT molecular complexity index is 539. The van der Waals surface area contributed by atoms with Crippen LogP contribution >= 0.6 is 0 Å². The highest BCUT2D eigenvalue weighted by Crippen LogP contribution is 2.28. The van der Waals surface area contributed by atoms with Crippen LogP contribution in [0.5, 0.6) is 0 Å². The van der Waals surface area contributed by atoms with Crippen molar-refractivity contribution in [1.29, 1.82) is 0 Å². The number of aliphatic hydroxyl groups is 1. The zero-order valence-electron chi connectivity index (χ0n) is 14.2. The molecule has 128 valence electrons. The molecule has 0 aromatic carbocycles. The first-order valence-electron chi connectivity index (χ1n) is 8.42. The van der Waals surface area contributed by atoms with Gasteiger partial charge in [-0.1, -0.05) is 26.0 Å². The van der Waals surface area contributed by atoms with E-state index >= 15 is 0 Å². The summed E-state index contributed by atoms with van der Waals surface area (Å²) in [4.78, 5) is 17.0. The maximum absolute atomic E-state index is 12.9. The minimum Gasteiger partial charge on any atom is -0.390 e. The summed E-state index contributed by atoms with van der Waals surface area (Å²) in [5.74, 6) is 0.206. The number of likely N-dealkylation sites (tertiary alicyclic amines) is 2. The fourth-order valence-corrected chi connectivity index (χ4v) is 3.70. The van der Waals surface area contributed by atoms with Gasteiger partial charge in [-0.05, 0) is 18.3 Å². The average molecular weight is 321 g/mol. The molecule has 3 atom stereocenters. The number of carbonyl (C=O) groups excluding carboxylic acids is 1. The first kappa shape index (κ1) is 16.4. The van der Waals surface area contributed by atoms with Gasteiger partial charge < -0.3 is 10.0 Å². The van der Waals surface area contributed by atoms with E-state index in [2.05, 4.69) is 36.0 Å². The van der Waals surface area contributed by atoms with E-state index < -0.39 is 6.10 Å². The van der Waals surface area contributed by atoms with Crippen molar-refractivity contribution in [3.05, 3.63) is 12.4 Å². The Labute approximate surface area is 137 Å². The van der Waals surface area contributed by atoms with Crippen LogP contribution in [0.25, 0.3) is 0 Å². The molecular formula is C16H27N5O2. The Morgan fingerprint density at radius 1 is 1.35 bits per heavy atom. The molecule has 1 N–H and O–H groups in total. The second-order valence-electron chi connectivity index (χ2n) is 7.95. The van der Waals surface area contributed by atoms with Gasteiger partial charge in [0.1, 0.15) is 0 Å². The lowest BCUT2D eigenvalue weighted by Gasteiger charge is -2.39. The standard InChI is InChI=1S/C16H27N5O2/c1-16(2,3)11-19-7-4-5-12(15(19)23)20-9-13(14(22)10-20)21-8-6-17-18-21/h6,8,12-14,22H,4-5,7,9-11H2,1-3H3/t12?,13-,14-/m1/s1. The molecule has 2 aliphatic rings. The van der Waals surface area contributed by atoms with Gasteiger partial charge in [-0.3, -0.25) is 9.69 Å². The number of aliphatic hydroxyl groups excluding tert-OH is 1. The second-order valence-corrected chi connectivity index (χ2v) is 7.95. The molecule has 1 aromatic rings. The number of hydrogen-bond acceptors (Lipinski definition) is 5. The molecular weight excluding hydrogens is 294 g/mol. The highest BCUT2D eigenvalue weighted by molar-refractivity contribution is 5.82. The van der Waals surface area contributed by atoms with Gasteiger partial charge in [0.05, 0.1) is 24.4 Å². The molecule has 23 heavy (non-hydrogen) atoms. The lowest BCUT2D eigenvalue weighted by molar-refractivity contribution is -0.141. The molecule has 0 saturated carbocycles. The number of aromatic nitrogens is 3. The summed E-state index contributed by atoms with van der Waals surface area (Å²) >= 11 is 0. The number of β-amino-alcohol motifs (C(OH)–C–C–N with tert-alkyl or cyclic N) is 1. The first-order valence-corrected chi connectivity index (χ1v) is 8.42. The molecule has 1 unspecified atom stereocenters. The van der Waals surface area contributed by atoms with Crippen LogP contribution in [0.3, 0.4) is 0 Å². The predicted octanol–water partition coefficient (Wildman–Crippen LogP) is 0.533. The summed E-state index contributed by atoms with van der Waals surface area (Å²) in [5, 5.41) is 18.2. The van der Waals surface area contributed by atoms with E-state index in [1.807, 2.05) is 4.90 Å². The topological polar surface area (TPSA) is 74.5 Å². The summed E-state index contributed by atoms with van der Waals surface area (Å²) in [5.41, 5.74) is 0.103. The zero-order valence-corrected chi connectivity index (χ0v) is 14.2. The van der Waals surface area contributed by atoms with Crippen LogP contribution in [0, 0.1) is 5.41 Å². The Hall–Kier alpha value is -1.47. The Balaban J connectivity index is 1.68. The molecule has 0 spiro atoms. The van der Waals surface area contributed by atoms with Gasteiger partial charge in [-0.25, -0.2) is 4.68 Å². The van der Waals surface area contributed by atoms with Crippen molar-refractivity contribution in [2.24, 2.45) is 5.41 Å². The molecule has 0 radical (unpaired) electrons. The quantitative estimate of drug-likeness (QED) is 0.879. The van der Waals surface area contributed by atoms with E-state index in [0.29, 0.717) is 13.1 Å². The van der Waals surface area contributed by atoms with Crippen molar-refractivity contribution in [3.63, 3.8) is 0 Å². The molecule has 3 rings (SSSR count). The minimum absolute atomic E-state index is 0.103. The van der Waals surface area contributed by atoms with Crippen molar-refractivity contribution in [3.8, 4) is 0 Å². The van der Waals surface area contributed by atoms with E-state index in [1.54, 1.807) is 17.1 Å². The Morgan fingerprint density at radius 3 is 2.78 bits per heavy atom. The summed E-state index contributed by atoms with van der Waals surface area (Å²) in [6, 6.07) is -0.238. The van der Waals surface area contributed by atoms with Crippen molar-refractivity contribution < 1.29 is 9.90 Å². The first-order chi connectivity index (χ1) is 10.8. The molecule has 1 aromatic heterocycles. The molecule has 2 aliphatic heterocycles. The predicted molar refractivity (Wildman–Crippen MR) is 85.7 cm³/mol. The average Bonchev–Trinajstić information content (AvgIpc) is 3.08. The van der Waals surface area contributed by atoms with Crippen LogP contribution in [0.2, 0.25) is 0 Å². The van der Waals surface area contributed by atoms with Gasteiger partial charge in [-0.15, -0.1) is 5.10 Å². The van der Waals surface area contributed by atoms with Crippen molar-refractivity contribution in [2.75, 3.05) is 26.2 Å². The molecule has 0 aliphatic carbocycles. The molecule has 7 heteroatoms. The SMILES string of the molecule is CC(C)(C)CN1CCCC(N2C[C@@H](O)[C@H](n3ccnn3)C2)C1=O. The highest BCUT2D eigenvalue weighted by atomic mass is 16.3. The lowest BCUT2D eigenvalue weighted by Crippen LogP contribution is -2.53. The van der Waals surface area contributed by atoms with E-state index in [4.69, 9.17) is 0 Å². The van der Waals surface area contributed by atoms with Crippen molar-refractivity contribution in [2.45, 2.75) is 51.8 Å². The van der Waals surface area contributed by atoms with Gasteiger partial charge in [0.15, 0.2) is 0 Å². The monoisotopic (exact) mass is 321 g/mol. The third kappa shape index (κ3) is 3.55. The largest absolute Gasteiger partial charge is 0.390 e. The molecule has 7 nitrogen and oxygen atoms in total. The summed E-state index contributed by atoms with van der Waals surface area (Å²) < 4.78 is 1.70. The third-order valence-electron chi connectivity index (χ3n) is 4.68. The number of piperidine rings is 1. The van der Waals surface area contributed by atoms with Crippen LogP contribution in [-0.2, 0) is 4.79 Å². The van der Waals surface area contributed by atoms with E-state index in [0.717, 1.165) is 25.9 Å². The number of rotatable bonds is 3. The number of nitrogens with zero attached hydrogens (tertiary/aromatic N) is 5. The van der Waals surface area contributed by atoms with Gasteiger partial charge >= 0.3 is 0 Å². The molecule has 2 saturated heterocycles. The van der Waals surface area contributed by atoms with Crippen LogP contribution in [-0.4, -0.2) is 74.1 Å². The van der Waals surface area contributed by atoms with Gasteiger partial charge in [0, 0.05) is 32.4 Å². The van der Waals surface area contributed by atoms with Gasteiger partial charge in [-0.2, -0.15) is 0 Å². The van der Waals surface area contributed by atoms with Crippen molar-refractivity contribution in [1.82, 2.24) is 24.8 Å². The fourth-order valence-electron chi connectivity index (χ4n) is 3.70. The molecule has 2 fully saturated rings. The maximum atomic E-state index is 12.9. The summed E-state index contributed by atoms with van der Waals surface area (Å²) in [6.45, 7) is 9.26. The minimum atomic E-state index is -0.512. The van der Waals surface area contributed by atoms with Crippen LogP contribution < -0.4 is 0 Å². The van der Waals surface area contributed by atoms with Crippen molar-refractivity contribution >= 4 is 5.91 Å². The maximum Gasteiger partial charge on any atom is 0.239 e. The summed E-state index contributed by atoms with van der Waals surface area (Å²) in [6.07, 6.45) is 4.77. The van der Waals surface area contributed by atoms with E-state index in [1.165, 1.54) is 0 Å². The van der Waals surface area contributed by atoms with Crippen LogP contribution in [0.1, 0.15) is 39.7 Å². The third-order valence-corrected chi connectivity index (χ3v) is 4.68. The fraction of sp³-hybridized carbons (Fsp3) is 0.812. The van der Waals surface area contributed by atoms with Gasteiger partial charge in [0.2, 0.25) is 5.91 Å². The summed E-state index contributed by atoms with van der Waals surface area (Å²) in [7, 11) is 0. The second kappa shape index (κ2) is 6.20. The lowest BCUT2D eigenvalue weighted by atomic mass is 9.93. The number of amides is 1. The van der Waals surface area contributed by atoms with E-state index in [9.17, 15) is 9.90 Å². The smallest absolute Gasteiger partial charge is 0.239 e. The number of hydrogen-bond donors (Lipinski definition) is 1. The zero-order chi connectivity index (χ0) is 16.6. The van der Waals surface area contributed by atoms with Crippen LogP contribution in [0.15, 0.2) is 12.4 Å². The Kier molecular flexibility index (Phi) is 4.42. The molecule has 3 heterocycles. The van der Waals surface area contributed by atoms with Gasteiger partial charge in [0.25, 0.3) is 0 Å². The molecule has 1 amide bonds. The highest BCUT2D eigenvalue weighted by Gasteiger charge is 2.42. The molecule has 0 bridgehead atoms. The van der Waals surface area contributed by atoms with E-state index in [-0.39, 0.29) is 23.4 Å². The Morgan fingerprint density at radius 2 is 2.13 bits per heavy atom. The normalized spacial score (nSPS) is 30.2.